The Balaban J connectivity index is 1.46. The van der Waals surface area contributed by atoms with Gasteiger partial charge in [-0.15, -0.1) is 0 Å². The predicted octanol–water partition coefficient (Wildman–Crippen LogP) is 2.06. The van der Waals surface area contributed by atoms with Crippen molar-refractivity contribution in [2.75, 3.05) is 38.1 Å². The van der Waals surface area contributed by atoms with Crippen molar-refractivity contribution in [3.63, 3.8) is 0 Å². The number of carbonyl (C=O) groups is 2. The largest absolute Gasteiger partial charge is 0.335 e. The molecular formula is C20H28N4O2. The quantitative estimate of drug-likeness (QED) is 0.883. The molecule has 26 heavy (non-hydrogen) atoms. The van der Waals surface area contributed by atoms with Gasteiger partial charge in [-0.25, -0.2) is 4.79 Å². The number of urea groups is 1. The van der Waals surface area contributed by atoms with Gasteiger partial charge in [0.1, 0.15) is 0 Å². The van der Waals surface area contributed by atoms with Crippen LogP contribution in [0.4, 0.5) is 10.5 Å². The van der Waals surface area contributed by atoms with Crippen molar-refractivity contribution in [1.29, 1.82) is 0 Å². The number of amides is 3. The summed E-state index contributed by atoms with van der Waals surface area (Å²) < 4.78 is 0. The number of rotatable bonds is 2. The van der Waals surface area contributed by atoms with E-state index in [-0.39, 0.29) is 17.5 Å². The van der Waals surface area contributed by atoms with E-state index >= 15 is 0 Å². The number of likely N-dealkylation sites (N-methyl/N-ethyl adjacent to an activating group) is 1. The van der Waals surface area contributed by atoms with Crippen molar-refractivity contribution in [3.05, 3.63) is 30.3 Å². The van der Waals surface area contributed by atoms with Crippen LogP contribution in [0.25, 0.3) is 0 Å². The van der Waals surface area contributed by atoms with Crippen LogP contribution in [0.1, 0.15) is 32.1 Å². The van der Waals surface area contributed by atoms with Crippen molar-refractivity contribution in [1.82, 2.24) is 15.1 Å². The Bertz CT molecular complexity index is 674. The number of hydrogen-bond acceptors (Lipinski definition) is 3. The molecule has 0 aromatic heterocycles. The van der Waals surface area contributed by atoms with Gasteiger partial charge in [0.05, 0.1) is 12.1 Å². The number of piperazine rings is 1. The average molecular weight is 356 g/mol. The molecule has 1 N–H and O–H groups in total. The van der Waals surface area contributed by atoms with E-state index in [0.717, 1.165) is 31.5 Å². The average Bonchev–Trinajstić information content (AvgIpc) is 3.30. The van der Waals surface area contributed by atoms with Crippen molar-refractivity contribution in [3.8, 4) is 0 Å². The van der Waals surface area contributed by atoms with Crippen LogP contribution in [-0.2, 0) is 4.79 Å². The molecule has 140 valence electrons. The normalized spacial score (nSPS) is 27.5. The lowest BCUT2D eigenvalue weighted by molar-refractivity contribution is -0.123. The van der Waals surface area contributed by atoms with Gasteiger partial charge in [-0.1, -0.05) is 31.0 Å². The molecule has 0 bridgehead atoms. The molecule has 3 aliphatic rings. The third-order valence-electron chi connectivity index (χ3n) is 6.31. The van der Waals surface area contributed by atoms with Gasteiger partial charge in [-0.05, 0) is 38.4 Å². The second-order valence-electron chi connectivity index (χ2n) is 8.00. The van der Waals surface area contributed by atoms with E-state index in [1.54, 1.807) is 0 Å². The molecule has 0 radical (unpaired) electrons. The Morgan fingerprint density at radius 1 is 1.15 bits per heavy atom. The Morgan fingerprint density at radius 2 is 1.88 bits per heavy atom. The van der Waals surface area contributed by atoms with Crippen LogP contribution in [-0.4, -0.2) is 66.5 Å². The summed E-state index contributed by atoms with van der Waals surface area (Å²) in [6.45, 7) is 2.46. The SMILES string of the molecule is CN1CC(=O)N(c2ccccc2)C[C@@]12CCN(C(=O)NC1CCCC1)C2. The fourth-order valence-electron chi connectivity index (χ4n) is 4.61. The Kier molecular flexibility index (Phi) is 4.61. The number of nitrogens with zero attached hydrogens (tertiary/aromatic N) is 3. The van der Waals surface area contributed by atoms with E-state index in [1.807, 2.05) is 47.2 Å². The van der Waals surface area contributed by atoms with Crippen LogP contribution in [0.15, 0.2) is 30.3 Å². The number of nitrogens with one attached hydrogen (secondary N) is 1. The molecule has 3 amide bonds. The lowest BCUT2D eigenvalue weighted by atomic mass is 9.92. The van der Waals surface area contributed by atoms with E-state index in [9.17, 15) is 9.59 Å². The summed E-state index contributed by atoms with van der Waals surface area (Å²) in [5.74, 6) is 0.123. The lowest BCUT2D eigenvalue weighted by Gasteiger charge is -2.46. The maximum absolute atomic E-state index is 12.7. The van der Waals surface area contributed by atoms with Crippen molar-refractivity contribution in [2.24, 2.45) is 0 Å². The maximum Gasteiger partial charge on any atom is 0.317 e. The summed E-state index contributed by atoms with van der Waals surface area (Å²) in [5, 5.41) is 3.20. The molecule has 6 heteroatoms. The van der Waals surface area contributed by atoms with Crippen molar-refractivity contribution >= 4 is 17.6 Å². The number of hydrogen-bond donors (Lipinski definition) is 1. The number of likely N-dealkylation sites (tertiary alicyclic amines) is 1. The maximum atomic E-state index is 12.7. The highest BCUT2D eigenvalue weighted by Crippen LogP contribution is 2.33. The first-order valence-electron chi connectivity index (χ1n) is 9.69. The molecule has 4 rings (SSSR count). The molecular weight excluding hydrogens is 328 g/mol. The van der Waals surface area contributed by atoms with Crippen LogP contribution in [0.2, 0.25) is 0 Å². The molecule has 3 fully saturated rings. The van der Waals surface area contributed by atoms with Crippen LogP contribution in [0.5, 0.6) is 0 Å². The molecule has 6 nitrogen and oxygen atoms in total. The lowest BCUT2D eigenvalue weighted by Crippen LogP contribution is -2.64. The summed E-state index contributed by atoms with van der Waals surface area (Å²) >= 11 is 0. The van der Waals surface area contributed by atoms with Gasteiger partial charge >= 0.3 is 6.03 Å². The van der Waals surface area contributed by atoms with Crippen molar-refractivity contribution < 1.29 is 9.59 Å². The van der Waals surface area contributed by atoms with E-state index in [4.69, 9.17) is 0 Å². The van der Waals surface area contributed by atoms with Gasteiger partial charge in [0.15, 0.2) is 0 Å². The second kappa shape index (κ2) is 6.91. The topological polar surface area (TPSA) is 55.9 Å². The van der Waals surface area contributed by atoms with Gasteiger partial charge in [-0.2, -0.15) is 0 Å². The van der Waals surface area contributed by atoms with Gasteiger partial charge in [0.25, 0.3) is 0 Å². The molecule has 0 unspecified atom stereocenters. The van der Waals surface area contributed by atoms with Gasteiger partial charge in [0.2, 0.25) is 5.91 Å². The smallest absolute Gasteiger partial charge is 0.317 e. The highest BCUT2D eigenvalue weighted by atomic mass is 16.2. The molecule has 2 saturated heterocycles. The predicted molar refractivity (Wildman–Crippen MR) is 101 cm³/mol. The number of para-hydroxylation sites is 1. The molecule has 1 aliphatic carbocycles. The number of anilines is 1. The van der Waals surface area contributed by atoms with E-state index in [1.165, 1.54) is 12.8 Å². The summed E-state index contributed by atoms with van der Waals surface area (Å²) in [7, 11) is 2.01. The summed E-state index contributed by atoms with van der Waals surface area (Å²) in [5.41, 5.74) is 0.787. The van der Waals surface area contributed by atoms with Crippen LogP contribution < -0.4 is 10.2 Å². The standard InChI is InChI=1S/C20H28N4O2/c1-22-13-18(25)24(17-9-3-2-4-10-17)15-20(22)11-12-23(14-20)19(26)21-16-7-5-6-8-16/h2-4,9-10,16H,5-8,11-15H2,1H3,(H,21,26)/t20-/m0/s1. The zero-order valence-corrected chi connectivity index (χ0v) is 15.5. The molecule has 1 spiro atoms. The number of carbonyl (C=O) groups excluding carboxylic acids is 2. The Labute approximate surface area is 155 Å². The van der Waals surface area contributed by atoms with Crippen molar-refractivity contribution in [2.45, 2.75) is 43.7 Å². The molecule has 1 aromatic rings. The zero-order valence-electron chi connectivity index (χ0n) is 15.5. The highest BCUT2D eigenvalue weighted by molar-refractivity contribution is 5.96. The highest BCUT2D eigenvalue weighted by Gasteiger charge is 2.48. The van der Waals surface area contributed by atoms with Crippen LogP contribution in [0.3, 0.4) is 0 Å². The fourth-order valence-corrected chi connectivity index (χ4v) is 4.61. The van der Waals surface area contributed by atoms with Gasteiger partial charge < -0.3 is 15.1 Å². The van der Waals surface area contributed by atoms with E-state index in [0.29, 0.717) is 25.7 Å². The molecule has 1 atom stereocenters. The van der Waals surface area contributed by atoms with Crippen LogP contribution in [0, 0.1) is 0 Å². The molecule has 1 saturated carbocycles. The van der Waals surface area contributed by atoms with Gasteiger partial charge in [-0.3, -0.25) is 9.69 Å². The van der Waals surface area contributed by atoms with Crippen LogP contribution >= 0.6 is 0 Å². The minimum Gasteiger partial charge on any atom is -0.335 e. The summed E-state index contributed by atoms with van der Waals surface area (Å²) in [6, 6.07) is 10.3. The first-order chi connectivity index (χ1) is 12.6. The Hall–Kier alpha value is -2.08. The third-order valence-corrected chi connectivity index (χ3v) is 6.31. The zero-order chi connectivity index (χ0) is 18.1. The first kappa shape index (κ1) is 17.3. The minimum absolute atomic E-state index is 0.0605. The molecule has 2 aliphatic heterocycles. The van der Waals surface area contributed by atoms with E-state index in [2.05, 4.69) is 10.2 Å². The van der Waals surface area contributed by atoms with Gasteiger partial charge in [0, 0.05) is 31.4 Å². The first-order valence-corrected chi connectivity index (χ1v) is 9.69. The van der Waals surface area contributed by atoms with E-state index < -0.39 is 0 Å². The molecule has 1 aromatic carbocycles. The number of benzene rings is 1. The fraction of sp³-hybridized carbons (Fsp3) is 0.600. The third kappa shape index (κ3) is 3.18. The monoisotopic (exact) mass is 356 g/mol. The summed E-state index contributed by atoms with van der Waals surface area (Å²) in [4.78, 5) is 31.2. The Morgan fingerprint density at radius 3 is 2.62 bits per heavy atom. The summed E-state index contributed by atoms with van der Waals surface area (Å²) in [6.07, 6.45) is 5.53. The molecule has 2 heterocycles. The minimum atomic E-state index is -0.156. The second-order valence-corrected chi connectivity index (χ2v) is 8.00.